The monoisotopic (exact) mass is 197 g/mol. The highest BCUT2D eigenvalue weighted by Gasteiger charge is 2.13. The Labute approximate surface area is 68.1 Å². The number of rotatable bonds is 0. The van der Waals surface area contributed by atoms with Gasteiger partial charge in [-0.15, -0.1) is 0 Å². The highest BCUT2D eigenvalue weighted by molar-refractivity contribution is 9.10. The Morgan fingerprint density at radius 3 is 3.20 bits per heavy atom. The van der Waals surface area contributed by atoms with E-state index >= 15 is 0 Å². The van der Waals surface area contributed by atoms with Crippen molar-refractivity contribution in [1.82, 2.24) is 0 Å². The number of fused-ring (bicyclic) bond motifs is 1. The van der Waals surface area contributed by atoms with Gasteiger partial charge in [0.25, 0.3) is 0 Å². The molecule has 0 unspecified atom stereocenters. The first-order chi connectivity index (χ1) is 4.88. The van der Waals surface area contributed by atoms with Crippen molar-refractivity contribution >= 4 is 15.9 Å². The minimum atomic E-state index is 0.811. The van der Waals surface area contributed by atoms with E-state index in [-0.39, 0.29) is 0 Å². The van der Waals surface area contributed by atoms with Gasteiger partial charge in [-0.2, -0.15) is 0 Å². The van der Waals surface area contributed by atoms with Gasteiger partial charge in [0.2, 0.25) is 0 Å². The lowest BCUT2D eigenvalue weighted by Gasteiger charge is -1.98. The molecule has 2 heteroatoms. The van der Waals surface area contributed by atoms with Gasteiger partial charge in [0.15, 0.2) is 0 Å². The number of ether oxygens (including phenoxy) is 1. The van der Waals surface area contributed by atoms with Gasteiger partial charge in [-0.1, -0.05) is 0 Å². The molecule has 10 heavy (non-hydrogen) atoms. The van der Waals surface area contributed by atoms with Crippen LogP contribution < -0.4 is 4.74 Å². The fraction of sp³-hybridized carbons (Fsp3) is 0.250. The summed E-state index contributed by atoms with van der Waals surface area (Å²) < 4.78 is 6.38. The molecule has 1 aromatic rings. The highest BCUT2D eigenvalue weighted by Crippen LogP contribution is 2.32. The van der Waals surface area contributed by atoms with Gasteiger partial charge >= 0.3 is 0 Å². The molecule has 0 atom stereocenters. The van der Waals surface area contributed by atoms with Crippen molar-refractivity contribution in [3.05, 3.63) is 28.2 Å². The third kappa shape index (κ3) is 0.833. The summed E-state index contributed by atoms with van der Waals surface area (Å²) in [6.07, 6.45) is 1.02. The zero-order valence-corrected chi connectivity index (χ0v) is 6.94. The summed E-state index contributed by atoms with van der Waals surface area (Å²) in [6.45, 7) is 0.811. The molecule has 2 rings (SSSR count). The van der Waals surface area contributed by atoms with Gasteiger partial charge in [-0.05, 0) is 39.7 Å². The molecule has 1 aliphatic heterocycles. The topological polar surface area (TPSA) is 9.23 Å². The average molecular weight is 198 g/mol. The summed E-state index contributed by atoms with van der Waals surface area (Å²) in [4.78, 5) is 0. The van der Waals surface area contributed by atoms with Gasteiger partial charge in [0.05, 0.1) is 11.1 Å². The molecule has 0 fully saturated rings. The van der Waals surface area contributed by atoms with Crippen LogP contribution in [0.15, 0.2) is 16.6 Å². The fourth-order valence-corrected chi connectivity index (χ4v) is 1.61. The first kappa shape index (κ1) is 6.23. The zero-order valence-electron chi connectivity index (χ0n) is 5.36. The van der Waals surface area contributed by atoms with Crippen molar-refractivity contribution in [2.75, 3.05) is 6.61 Å². The lowest BCUT2D eigenvalue weighted by molar-refractivity contribution is 0.355. The molecular formula is C8H6BrO. The zero-order chi connectivity index (χ0) is 6.97. The third-order valence-corrected chi connectivity index (χ3v) is 2.18. The number of hydrogen-bond donors (Lipinski definition) is 0. The SMILES string of the molecule is Brc1c[c]cc2c1OCC2. The molecule has 0 N–H and O–H groups in total. The van der Waals surface area contributed by atoms with Gasteiger partial charge in [0, 0.05) is 6.42 Å². The number of benzene rings is 1. The molecule has 0 spiro atoms. The summed E-state index contributed by atoms with van der Waals surface area (Å²) in [5, 5.41) is 0. The maximum absolute atomic E-state index is 5.36. The van der Waals surface area contributed by atoms with E-state index in [1.54, 1.807) is 0 Å². The van der Waals surface area contributed by atoms with Crippen LogP contribution in [0.25, 0.3) is 0 Å². The van der Waals surface area contributed by atoms with E-state index in [0.29, 0.717) is 0 Å². The van der Waals surface area contributed by atoms with E-state index in [2.05, 4.69) is 22.0 Å². The first-order valence-corrected chi connectivity index (χ1v) is 3.98. The second kappa shape index (κ2) is 2.27. The van der Waals surface area contributed by atoms with Gasteiger partial charge in [0.1, 0.15) is 5.75 Å². The predicted molar refractivity (Wildman–Crippen MR) is 42.2 cm³/mol. The lowest BCUT2D eigenvalue weighted by Crippen LogP contribution is -1.86. The van der Waals surface area contributed by atoms with Crippen molar-refractivity contribution < 1.29 is 4.74 Å². The van der Waals surface area contributed by atoms with Gasteiger partial charge in [-0.25, -0.2) is 0 Å². The molecule has 1 radical (unpaired) electrons. The Morgan fingerprint density at radius 1 is 1.50 bits per heavy atom. The van der Waals surface area contributed by atoms with Crippen molar-refractivity contribution in [2.24, 2.45) is 0 Å². The van der Waals surface area contributed by atoms with E-state index in [1.807, 2.05) is 12.1 Å². The third-order valence-electron chi connectivity index (χ3n) is 1.59. The smallest absolute Gasteiger partial charge is 0.136 e. The van der Waals surface area contributed by atoms with Crippen LogP contribution in [0.2, 0.25) is 0 Å². The summed E-state index contributed by atoms with van der Waals surface area (Å²) in [6, 6.07) is 6.89. The number of hydrogen-bond acceptors (Lipinski definition) is 1. The Kier molecular flexibility index (Phi) is 1.42. The van der Waals surface area contributed by atoms with Crippen LogP contribution >= 0.6 is 15.9 Å². The Balaban J connectivity index is 2.59. The molecule has 0 saturated carbocycles. The van der Waals surface area contributed by atoms with Crippen LogP contribution in [0, 0.1) is 6.07 Å². The van der Waals surface area contributed by atoms with Crippen LogP contribution in [0.1, 0.15) is 5.56 Å². The quantitative estimate of drug-likeness (QED) is 0.620. The summed E-state index contributed by atoms with van der Waals surface area (Å²) in [5.74, 6) is 0.999. The molecule has 0 saturated heterocycles. The normalized spacial score (nSPS) is 14.5. The van der Waals surface area contributed by atoms with Gasteiger partial charge < -0.3 is 4.74 Å². The summed E-state index contributed by atoms with van der Waals surface area (Å²) in [5.41, 5.74) is 1.26. The standard InChI is InChI=1S/C8H6BrO/c9-7-3-1-2-6-4-5-10-8(6)7/h2-3H,4-5H2. The molecule has 0 aliphatic carbocycles. The second-order valence-electron chi connectivity index (χ2n) is 2.26. The van der Waals surface area contributed by atoms with Crippen LogP contribution in [-0.4, -0.2) is 6.61 Å². The van der Waals surface area contributed by atoms with E-state index in [1.165, 1.54) is 5.56 Å². The average Bonchev–Trinajstić information content (AvgIpc) is 2.36. The van der Waals surface area contributed by atoms with E-state index in [0.717, 1.165) is 23.2 Å². The summed E-state index contributed by atoms with van der Waals surface area (Å²) >= 11 is 3.39. The molecule has 51 valence electrons. The predicted octanol–water partition coefficient (Wildman–Crippen LogP) is 2.18. The van der Waals surface area contributed by atoms with Crippen LogP contribution in [-0.2, 0) is 6.42 Å². The van der Waals surface area contributed by atoms with E-state index in [4.69, 9.17) is 4.74 Å². The lowest BCUT2D eigenvalue weighted by atomic mass is 10.2. The molecule has 0 amide bonds. The minimum absolute atomic E-state index is 0.811. The molecule has 1 aliphatic rings. The summed E-state index contributed by atoms with van der Waals surface area (Å²) in [7, 11) is 0. The molecule has 0 bridgehead atoms. The van der Waals surface area contributed by atoms with E-state index in [9.17, 15) is 0 Å². The molecule has 1 heterocycles. The maximum atomic E-state index is 5.36. The highest BCUT2D eigenvalue weighted by atomic mass is 79.9. The fourth-order valence-electron chi connectivity index (χ4n) is 1.11. The molecule has 1 aromatic carbocycles. The van der Waals surface area contributed by atoms with Crippen LogP contribution in [0.5, 0.6) is 5.75 Å². The van der Waals surface area contributed by atoms with Crippen molar-refractivity contribution in [3.63, 3.8) is 0 Å². The minimum Gasteiger partial charge on any atom is -0.492 e. The Bertz CT molecular complexity index is 257. The van der Waals surface area contributed by atoms with Crippen molar-refractivity contribution in [1.29, 1.82) is 0 Å². The second-order valence-corrected chi connectivity index (χ2v) is 3.11. The maximum Gasteiger partial charge on any atom is 0.136 e. The Morgan fingerprint density at radius 2 is 2.40 bits per heavy atom. The number of halogens is 1. The van der Waals surface area contributed by atoms with Crippen LogP contribution in [0.3, 0.4) is 0 Å². The largest absolute Gasteiger partial charge is 0.492 e. The Hall–Kier alpha value is -0.500. The van der Waals surface area contributed by atoms with Crippen LogP contribution in [0.4, 0.5) is 0 Å². The first-order valence-electron chi connectivity index (χ1n) is 3.19. The molecule has 0 aromatic heterocycles. The van der Waals surface area contributed by atoms with Crippen molar-refractivity contribution in [3.8, 4) is 5.75 Å². The van der Waals surface area contributed by atoms with Crippen molar-refractivity contribution in [2.45, 2.75) is 6.42 Å². The molecular weight excluding hydrogens is 192 g/mol. The van der Waals surface area contributed by atoms with E-state index < -0.39 is 0 Å². The van der Waals surface area contributed by atoms with Gasteiger partial charge in [-0.3, -0.25) is 0 Å². The molecule has 1 nitrogen and oxygen atoms in total.